The Morgan fingerprint density at radius 1 is 1.07 bits per heavy atom. The van der Waals surface area contributed by atoms with Crippen LogP contribution in [0.25, 0.3) is 0 Å². The first-order chi connectivity index (χ1) is 7.36. The number of hydrogen-bond donors (Lipinski definition) is 1. The van der Waals surface area contributed by atoms with Crippen LogP contribution < -0.4 is 5.32 Å². The van der Waals surface area contributed by atoms with E-state index in [1.165, 1.54) is 58.2 Å². The standard InChI is InChI=1S/C12H23ClN2/c13-11-5-1-2-6-12(11)14-7-10-15-8-3-4-9-15/h11-12,14H,1-10H2. The van der Waals surface area contributed by atoms with Crippen molar-refractivity contribution in [1.29, 1.82) is 0 Å². The monoisotopic (exact) mass is 230 g/mol. The van der Waals surface area contributed by atoms with Crippen LogP contribution in [0.2, 0.25) is 0 Å². The molecule has 0 aromatic heterocycles. The van der Waals surface area contributed by atoms with E-state index in [2.05, 4.69) is 10.2 Å². The zero-order chi connectivity index (χ0) is 10.5. The Balaban J connectivity index is 1.59. The lowest BCUT2D eigenvalue weighted by Gasteiger charge is -2.28. The molecule has 2 unspecified atom stereocenters. The molecule has 1 saturated carbocycles. The summed E-state index contributed by atoms with van der Waals surface area (Å²) in [7, 11) is 0. The minimum Gasteiger partial charge on any atom is -0.311 e. The third-order valence-electron chi connectivity index (χ3n) is 3.71. The number of nitrogens with zero attached hydrogens (tertiary/aromatic N) is 1. The van der Waals surface area contributed by atoms with E-state index in [9.17, 15) is 0 Å². The number of hydrogen-bond acceptors (Lipinski definition) is 2. The van der Waals surface area contributed by atoms with Crippen LogP contribution in [0.1, 0.15) is 38.5 Å². The van der Waals surface area contributed by atoms with Gasteiger partial charge in [0.05, 0.1) is 0 Å². The van der Waals surface area contributed by atoms with Crippen LogP contribution in [0, 0.1) is 0 Å². The van der Waals surface area contributed by atoms with Gasteiger partial charge in [-0.3, -0.25) is 0 Å². The molecule has 2 fully saturated rings. The van der Waals surface area contributed by atoms with E-state index in [1.807, 2.05) is 0 Å². The van der Waals surface area contributed by atoms with Crippen molar-refractivity contribution in [3.8, 4) is 0 Å². The van der Waals surface area contributed by atoms with E-state index in [0.717, 1.165) is 6.54 Å². The number of nitrogens with one attached hydrogen (secondary N) is 1. The van der Waals surface area contributed by atoms with Gasteiger partial charge in [0.2, 0.25) is 0 Å². The highest BCUT2D eigenvalue weighted by Crippen LogP contribution is 2.22. The Morgan fingerprint density at radius 3 is 2.53 bits per heavy atom. The lowest BCUT2D eigenvalue weighted by atomic mass is 9.95. The molecule has 1 aliphatic carbocycles. The Morgan fingerprint density at radius 2 is 1.80 bits per heavy atom. The van der Waals surface area contributed by atoms with Gasteiger partial charge in [-0.15, -0.1) is 11.6 Å². The third kappa shape index (κ3) is 3.61. The van der Waals surface area contributed by atoms with Gasteiger partial charge in [-0.25, -0.2) is 0 Å². The highest BCUT2D eigenvalue weighted by molar-refractivity contribution is 6.21. The van der Waals surface area contributed by atoms with Crippen LogP contribution in [-0.2, 0) is 0 Å². The predicted octanol–water partition coefficient (Wildman–Crippen LogP) is 2.22. The van der Waals surface area contributed by atoms with Crippen molar-refractivity contribution in [2.24, 2.45) is 0 Å². The molecule has 2 rings (SSSR count). The Hall–Kier alpha value is 0.210. The van der Waals surface area contributed by atoms with Crippen LogP contribution in [0.15, 0.2) is 0 Å². The van der Waals surface area contributed by atoms with Gasteiger partial charge >= 0.3 is 0 Å². The second kappa shape index (κ2) is 6.07. The van der Waals surface area contributed by atoms with Crippen LogP contribution in [0.3, 0.4) is 0 Å². The smallest absolute Gasteiger partial charge is 0.0489 e. The largest absolute Gasteiger partial charge is 0.311 e. The molecule has 2 nitrogen and oxygen atoms in total. The molecular weight excluding hydrogens is 208 g/mol. The molecule has 2 aliphatic rings. The fourth-order valence-electron chi connectivity index (χ4n) is 2.73. The first-order valence-electron chi connectivity index (χ1n) is 6.46. The van der Waals surface area contributed by atoms with Crippen molar-refractivity contribution >= 4 is 11.6 Å². The summed E-state index contributed by atoms with van der Waals surface area (Å²) in [6, 6.07) is 0.572. The molecule has 1 aliphatic heterocycles. The van der Waals surface area contributed by atoms with E-state index < -0.39 is 0 Å². The van der Waals surface area contributed by atoms with Gasteiger partial charge in [-0.2, -0.15) is 0 Å². The number of rotatable bonds is 4. The molecule has 15 heavy (non-hydrogen) atoms. The summed E-state index contributed by atoms with van der Waals surface area (Å²) < 4.78 is 0. The van der Waals surface area contributed by atoms with Crippen molar-refractivity contribution in [1.82, 2.24) is 10.2 Å². The van der Waals surface area contributed by atoms with Gasteiger partial charge in [0.15, 0.2) is 0 Å². The van der Waals surface area contributed by atoms with Gasteiger partial charge in [-0.05, 0) is 38.8 Å². The zero-order valence-corrected chi connectivity index (χ0v) is 10.3. The predicted molar refractivity (Wildman–Crippen MR) is 65.6 cm³/mol. The Labute approximate surface area is 98.4 Å². The van der Waals surface area contributed by atoms with Crippen molar-refractivity contribution in [3.63, 3.8) is 0 Å². The highest BCUT2D eigenvalue weighted by Gasteiger charge is 2.22. The summed E-state index contributed by atoms with van der Waals surface area (Å²) in [6.45, 7) is 4.93. The van der Waals surface area contributed by atoms with Gasteiger partial charge in [0, 0.05) is 24.5 Å². The van der Waals surface area contributed by atoms with E-state index in [0.29, 0.717) is 11.4 Å². The highest BCUT2D eigenvalue weighted by atomic mass is 35.5. The molecule has 0 spiro atoms. The van der Waals surface area contributed by atoms with Crippen molar-refractivity contribution < 1.29 is 0 Å². The molecular formula is C12H23ClN2. The average molecular weight is 231 g/mol. The van der Waals surface area contributed by atoms with E-state index in [-0.39, 0.29) is 0 Å². The molecule has 0 radical (unpaired) electrons. The summed E-state index contributed by atoms with van der Waals surface area (Å²) in [5, 5.41) is 4.00. The average Bonchev–Trinajstić information content (AvgIpc) is 2.74. The van der Waals surface area contributed by atoms with Gasteiger partial charge < -0.3 is 10.2 Å². The SMILES string of the molecule is ClC1CCCCC1NCCN1CCCC1. The minimum atomic E-state index is 0.373. The molecule has 3 heteroatoms. The second-order valence-corrected chi connectivity index (χ2v) is 5.47. The summed E-state index contributed by atoms with van der Waals surface area (Å²) in [5.74, 6) is 0. The zero-order valence-electron chi connectivity index (χ0n) is 9.55. The summed E-state index contributed by atoms with van der Waals surface area (Å²) in [4.78, 5) is 2.55. The summed E-state index contributed by atoms with van der Waals surface area (Å²) in [6.07, 6.45) is 7.92. The maximum atomic E-state index is 6.30. The molecule has 0 aromatic carbocycles. The van der Waals surface area contributed by atoms with Gasteiger partial charge in [0.1, 0.15) is 0 Å². The number of likely N-dealkylation sites (tertiary alicyclic amines) is 1. The van der Waals surface area contributed by atoms with Crippen molar-refractivity contribution in [3.05, 3.63) is 0 Å². The summed E-state index contributed by atoms with van der Waals surface area (Å²) >= 11 is 6.30. The minimum absolute atomic E-state index is 0.373. The first kappa shape index (κ1) is 11.7. The van der Waals surface area contributed by atoms with Crippen LogP contribution >= 0.6 is 11.6 Å². The molecule has 88 valence electrons. The Bertz CT molecular complexity index is 180. The lowest BCUT2D eigenvalue weighted by molar-refractivity contribution is 0.310. The van der Waals surface area contributed by atoms with E-state index in [1.54, 1.807) is 0 Å². The molecule has 2 atom stereocenters. The fraction of sp³-hybridized carbons (Fsp3) is 1.00. The number of alkyl halides is 1. The second-order valence-electron chi connectivity index (χ2n) is 4.91. The number of halogens is 1. The van der Waals surface area contributed by atoms with Crippen LogP contribution in [-0.4, -0.2) is 42.5 Å². The molecule has 1 N–H and O–H groups in total. The van der Waals surface area contributed by atoms with Gasteiger partial charge in [-0.1, -0.05) is 12.8 Å². The van der Waals surface area contributed by atoms with Crippen molar-refractivity contribution in [2.75, 3.05) is 26.2 Å². The molecule has 1 heterocycles. The molecule has 0 bridgehead atoms. The molecule has 0 aromatic rings. The van der Waals surface area contributed by atoms with Gasteiger partial charge in [0.25, 0.3) is 0 Å². The first-order valence-corrected chi connectivity index (χ1v) is 6.90. The maximum absolute atomic E-state index is 6.30. The normalized spacial score (nSPS) is 33.4. The maximum Gasteiger partial charge on any atom is 0.0489 e. The topological polar surface area (TPSA) is 15.3 Å². The third-order valence-corrected chi connectivity index (χ3v) is 4.24. The van der Waals surface area contributed by atoms with Crippen LogP contribution in [0.4, 0.5) is 0 Å². The molecule has 0 amide bonds. The Kier molecular flexibility index (Phi) is 4.73. The van der Waals surface area contributed by atoms with Crippen LogP contribution in [0.5, 0.6) is 0 Å². The molecule has 1 saturated heterocycles. The fourth-order valence-corrected chi connectivity index (χ4v) is 3.10. The van der Waals surface area contributed by atoms with E-state index >= 15 is 0 Å². The summed E-state index contributed by atoms with van der Waals surface area (Å²) in [5.41, 5.74) is 0. The lowest BCUT2D eigenvalue weighted by Crippen LogP contribution is -2.42. The quantitative estimate of drug-likeness (QED) is 0.746. The van der Waals surface area contributed by atoms with E-state index in [4.69, 9.17) is 11.6 Å². The van der Waals surface area contributed by atoms with Crippen molar-refractivity contribution in [2.45, 2.75) is 49.9 Å².